The van der Waals surface area contributed by atoms with Crippen molar-refractivity contribution in [1.29, 1.82) is 0 Å². The molecule has 1 amide bonds. The van der Waals surface area contributed by atoms with Gasteiger partial charge in [0, 0.05) is 38.9 Å². The molecule has 0 aromatic heterocycles. The van der Waals surface area contributed by atoms with Crippen molar-refractivity contribution in [1.82, 2.24) is 10.2 Å². The van der Waals surface area contributed by atoms with Crippen LogP contribution in [0.25, 0.3) is 0 Å². The van der Waals surface area contributed by atoms with Gasteiger partial charge in [0.2, 0.25) is 5.91 Å². The molecule has 154 valence electrons. The van der Waals surface area contributed by atoms with Crippen LogP contribution in [0.1, 0.15) is 48.0 Å². The van der Waals surface area contributed by atoms with Crippen LogP contribution in [0.3, 0.4) is 0 Å². The predicted octanol–water partition coefficient (Wildman–Crippen LogP) is 1.91. The summed E-state index contributed by atoms with van der Waals surface area (Å²) in [5, 5.41) is 3.40. The van der Waals surface area contributed by atoms with Crippen molar-refractivity contribution >= 4 is 11.9 Å². The first kappa shape index (κ1) is 20.6. The van der Waals surface area contributed by atoms with Crippen molar-refractivity contribution in [2.45, 2.75) is 50.9 Å². The summed E-state index contributed by atoms with van der Waals surface area (Å²) in [4.78, 5) is 17.8. The molecule has 7 heteroatoms. The number of ether oxygens (including phenoxy) is 2. The van der Waals surface area contributed by atoms with Crippen LogP contribution in [-0.4, -0.2) is 62.3 Å². The Morgan fingerprint density at radius 3 is 2.61 bits per heavy atom. The summed E-state index contributed by atoms with van der Waals surface area (Å²) in [5.41, 5.74) is 6.88. The minimum Gasteiger partial charge on any atom is -0.376 e. The smallest absolute Gasteiger partial charge is 0.248 e. The number of nitrogens with zero attached hydrogens (tertiary/aromatic N) is 2. The van der Waals surface area contributed by atoms with Gasteiger partial charge in [-0.05, 0) is 49.8 Å². The highest BCUT2D eigenvalue weighted by atomic mass is 16.5. The van der Waals surface area contributed by atoms with E-state index in [0.717, 1.165) is 57.1 Å². The fourth-order valence-electron chi connectivity index (χ4n) is 3.72. The van der Waals surface area contributed by atoms with E-state index in [1.165, 1.54) is 12.8 Å². The molecule has 2 aliphatic rings. The number of amides is 1. The Morgan fingerprint density at radius 2 is 2.00 bits per heavy atom. The molecule has 2 fully saturated rings. The summed E-state index contributed by atoms with van der Waals surface area (Å²) in [6.45, 7) is 4.10. The predicted molar refractivity (Wildman–Crippen MR) is 109 cm³/mol. The summed E-state index contributed by atoms with van der Waals surface area (Å²) in [6.07, 6.45) is 6.14. The summed E-state index contributed by atoms with van der Waals surface area (Å²) in [5.74, 6) is 0.489. The lowest BCUT2D eigenvalue weighted by Gasteiger charge is -2.35. The Bertz CT molecular complexity index is 648. The highest BCUT2D eigenvalue weighted by molar-refractivity contribution is 5.92. The average Bonchev–Trinajstić information content (AvgIpc) is 2.74. The molecular weight excluding hydrogens is 356 g/mol. The monoisotopic (exact) mass is 388 g/mol. The number of primary amides is 1. The molecule has 1 aromatic carbocycles. The molecule has 2 heterocycles. The van der Waals surface area contributed by atoms with E-state index in [-0.39, 0.29) is 6.10 Å². The second-order valence-corrected chi connectivity index (χ2v) is 7.47. The van der Waals surface area contributed by atoms with Gasteiger partial charge in [-0.3, -0.25) is 9.79 Å². The third-order valence-electron chi connectivity index (χ3n) is 5.43. The van der Waals surface area contributed by atoms with Crippen molar-refractivity contribution in [3.63, 3.8) is 0 Å². The van der Waals surface area contributed by atoms with Crippen molar-refractivity contribution < 1.29 is 14.3 Å². The first-order valence-electron chi connectivity index (χ1n) is 10.2. The summed E-state index contributed by atoms with van der Waals surface area (Å²) < 4.78 is 11.8. The molecule has 1 atom stereocenters. The van der Waals surface area contributed by atoms with Gasteiger partial charge in [0.25, 0.3) is 0 Å². The van der Waals surface area contributed by atoms with E-state index in [1.54, 1.807) is 12.1 Å². The zero-order chi connectivity index (χ0) is 19.8. The van der Waals surface area contributed by atoms with E-state index in [4.69, 9.17) is 15.2 Å². The standard InChI is InChI=1S/C21H32N4O3/c1-23-21(24-14-16-5-7-17(8-6-16)20(22)26)25-11-9-18(10-12-25)28-15-19-4-2-3-13-27-19/h5-8,18-19H,2-4,9-15H2,1H3,(H2,22,26)(H,23,24). The third kappa shape index (κ3) is 5.94. The molecule has 0 saturated carbocycles. The van der Waals surface area contributed by atoms with Gasteiger partial charge < -0.3 is 25.4 Å². The molecule has 2 saturated heterocycles. The normalized spacial score (nSPS) is 21.5. The Morgan fingerprint density at radius 1 is 1.25 bits per heavy atom. The maximum absolute atomic E-state index is 11.2. The summed E-state index contributed by atoms with van der Waals surface area (Å²) in [7, 11) is 1.81. The highest BCUT2D eigenvalue weighted by Gasteiger charge is 2.23. The topological polar surface area (TPSA) is 89.2 Å². The van der Waals surface area contributed by atoms with E-state index in [9.17, 15) is 4.79 Å². The van der Waals surface area contributed by atoms with Crippen molar-refractivity contribution in [3.8, 4) is 0 Å². The number of hydrogen-bond acceptors (Lipinski definition) is 4. The fraction of sp³-hybridized carbons (Fsp3) is 0.619. The van der Waals surface area contributed by atoms with Gasteiger partial charge >= 0.3 is 0 Å². The van der Waals surface area contributed by atoms with E-state index in [1.807, 2.05) is 19.2 Å². The summed E-state index contributed by atoms with van der Waals surface area (Å²) >= 11 is 0. The highest BCUT2D eigenvalue weighted by Crippen LogP contribution is 2.18. The lowest BCUT2D eigenvalue weighted by Crippen LogP contribution is -2.47. The maximum atomic E-state index is 11.2. The number of piperidine rings is 1. The van der Waals surface area contributed by atoms with Gasteiger partial charge in [0.15, 0.2) is 5.96 Å². The number of likely N-dealkylation sites (tertiary alicyclic amines) is 1. The lowest BCUT2D eigenvalue weighted by atomic mass is 10.1. The first-order valence-corrected chi connectivity index (χ1v) is 10.2. The van der Waals surface area contributed by atoms with Gasteiger partial charge in [0.05, 0.1) is 18.8 Å². The largest absolute Gasteiger partial charge is 0.376 e. The molecule has 0 bridgehead atoms. The average molecular weight is 389 g/mol. The number of rotatable bonds is 6. The molecule has 28 heavy (non-hydrogen) atoms. The number of aliphatic imine (C=N–C) groups is 1. The van der Waals surface area contributed by atoms with Crippen molar-refractivity contribution in [3.05, 3.63) is 35.4 Å². The number of nitrogens with two attached hydrogens (primary N) is 1. The van der Waals surface area contributed by atoms with E-state index in [2.05, 4.69) is 15.2 Å². The van der Waals surface area contributed by atoms with E-state index in [0.29, 0.717) is 18.2 Å². The van der Waals surface area contributed by atoms with Crippen LogP contribution in [0, 0.1) is 0 Å². The van der Waals surface area contributed by atoms with Gasteiger partial charge in [-0.2, -0.15) is 0 Å². The van der Waals surface area contributed by atoms with Gasteiger partial charge in [-0.25, -0.2) is 0 Å². The quantitative estimate of drug-likeness (QED) is 0.574. The van der Waals surface area contributed by atoms with E-state index >= 15 is 0 Å². The number of benzene rings is 1. The number of carbonyl (C=O) groups is 1. The van der Waals surface area contributed by atoms with Crippen LogP contribution < -0.4 is 11.1 Å². The van der Waals surface area contributed by atoms with Crippen molar-refractivity contribution in [2.24, 2.45) is 10.7 Å². The molecule has 3 N–H and O–H groups in total. The summed E-state index contributed by atoms with van der Waals surface area (Å²) in [6, 6.07) is 7.32. The number of guanidine groups is 1. The first-order chi connectivity index (χ1) is 13.7. The van der Waals surface area contributed by atoms with Crippen LogP contribution >= 0.6 is 0 Å². The second kappa shape index (κ2) is 10.4. The molecule has 2 aliphatic heterocycles. The zero-order valence-corrected chi connectivity index (χ0v) is 16.7. The molecule has 0 aliphatic carbocycles. The SMILES string of the molecule is CN=C(NCc1ccc(C(N)=O)cc1)N1CCC(OCC2CCCCO2)CC1. The van der Waals surface area contributed by atoms with Crippen LogP contribution in [0.2, 0.25) is 0 Å². The van der Waals surface area contributed by atoms with E-state index < -0.39 is 5.91 Å². The Hall–Kier alpha value is -2.12. The third-order valence-corrected chi connectivity index (χ3v) is 5.43. The number of hydrogen-bond donors (Lipinski definition) is 2. The minimum absolute atomic E-state index is 0.280. The zero-order valence-electron chi connectivity index (χ0n) is 16.7. The molecule has 3 rings (SSSR count). The molecule has 1 aromatic rings. The van der Waals surface area contributed by atoms with Crippen LogP contribution in [0.5, 0.6) is 0 Å². The molecule has 1 unspecified atom stereocenters. The van der Waals surface area contributed by atoms with Gasteiger partial charge in [-0.15, -0.1) is 0 Å². The lowest BCUT2D eigenvalue weighted by molar-refractivity contribution is -0.0721. The maximum Gasteiger partial charge on any atom is 0.248 e. The number of nitrogens with one attached hydrogen (secondary N) is 1. The second-order valence-electron chi connectivity index (χ2n) is 7.47. The van der Waals surface area contributed by atoms with Gasteiger partial charge in [-0.1, -0.05) is 12.1 Å². The Balaban J connectivity index is 1.40. The van der Waals surface area contributed by atoms with Crippen LogP contribution in [-0.2, 0) is 16.0 Å². The Labute approximate surface area is 167 Å². The molecular formula is C21H32N4O3. The van der Waals surface area contributed by atoms with Gasteiger partial charge in [0.1, 0.15) is 0 Å². The number of carbonyl (C=O) groups excluding carboxylic acids is 1. The molecule has 0 spiro atoms. The van der Waals surface area contributed by atoms with Crippen molar-refractivity contribution in [2.75, 3.05) is 33.4 Å². The van der Waals surface area contributed by atoms with Crippen LogP contribution in [0.15, 0.2) is 29.3 Å². The molecule has 0 radical (unpaired) electrons. The van der Waals surface area contributed by atoms with Crippen LogP contribution in [0.4, 0.5) is 0 Å². The Kier molecular flexibility index (Phi) is 7.68. The fourth-order valence-corrected chi connectivity index (χ4v) is 3.72. The minimum atomic E-state index is -0.407. The molecule has 7 nitrogen and oxygen atoms in total.